The van der Waals surface area contributed by atoms with Gasteiger partial charge in [-0.25, -0.2) is 9.59 Å². The van der Waals surface area contributed by atoms with Crippen LogP contribution in [0.25, 0.3) is 0 Å². The highest BCUT2D eigenvalue weighted by molar-refractivity contribution is 5.87. The van der Waals surface area contributed by atoms with Crippen LogP contribution < -0.4 is 0 Å². The minimum absolute atomic E-state index is 0.272. The van der Waals surface area contributed by atoms with Gasteiger partial charge >= 0.3 is 11.9 Å². The molecule has 0 saturated carbocycles. The van der Waals surface area contributed by atoms with E-state index in [1.165, 1.54) is 12.8 Å². The van der Waals surface area contributed by atoms with E-state index in [0.29, 0.717) is 30.3 Å². The number of hydrogen-bond donors (Lipinski definition) is 0. The molecule has 22 heavy (non-hydrogen) atoms. The summed E-state index contributed by atoms with van der Waals surface area (Å²) in [4.78, 5) is 21.6. The molecule has 0 unspecified atom stereocenters. The average Bonchev–Trinajstić information content (AvgIpc) is 2.44. The normalized spacial score (nSPS) is 9.55. The minimum Gasteiger partial charge on any atom is -0.462 e. The Morgan fingerprint density at radius 1 is 0.909 bits per heavy atom. The van der Waals surface area contributed by atoms with Crippen LogP contribution in [0.4, 0.5) is 0 Å². The highest BCUT2D eigenvalue weighted by atomic mass is 16.5. The Balaban J connectivity index is 0. The van der Waals surface area contributed by atoms with Gasteiger partial charge in [-0.1, -0.05) is 53.2 Å². The fraction of sp³-hybridized carbons (Fsp3) is 0.667. The molecule has 0 N–H and O–H groups in total. The van der Waals surface area contributed by atoms with E-state index < -0.39 is 0 Å². The zero-order valence-corrected chi connectivity index (χ0v) is 14.9. The van der Waals surface area contributed by atoms with E-state index in [-0.39, 0.29) is 11.9 Å². The van der Waals surface area contributed by atoms with E-state index in [1.807, 2.05) is 13.8 Å². The molecule has 0 aliphatic carbocycles. The third-order valence-electron chi connectivity index (χ3n) is 2.48. The van der Waals surface area contributed by atoms with Gasteiger partial charge in [0, 0.05) is 11.1 Å². The summed E-state index contributed by atoms with van der Waals surface area (Å²) < 4.78 is 9.74. The van der Waals surface area contributed by atoms with Gasteiger partial charge < -0.3 is 9.47 Å². The predicted octanol–water partition coefficient (Wildman–Crippen LogP) is 4.45. The van der Waals surface area contributed by atoms with Crippen LogP contribution in [0, 0.1) is 5.92 Å². The Morgan fingerprint density at radius 3 is 1.82 bits per heavy atom. The summed E-state index contributed by atoms with van der Waals surface area (Å²) in [5.74, 6) is -0.177. The largest absolute Gasteiger partial charge is 0.462 e. The summed E-state index contributed by atoms with van der Waals surface area (Å²) in [6.07, 6.45) is 4.52. The third-order valence-corrected chi connectivity index (χ3v) is 2.48. The Labute approximate surface area is 135 Å². The Hall–Kier alpha value is -1.58. The van der Waals surface area contributed by atoms with Crippen molar-refractivity contribution < 1.29 is 19.1 Å². The fourth-order valence-electron chi connectivity index (χ4n) is 1.18. The second-order valence-corrected chi connectivity index (χ2v) is 5.75. The number of rotatable bonds is 9. The second-order valence-electron chi connectivity index (χ2n) is 5.75. The molecule has 0 amide bonds. The van der Waals surface area contributed by atoms with Gasteiger partial charge in [0.2, 0.25) is 0 Å². The van der Waals surface area contributed by atoms with Gasteiger partial charge in [-0.3, -0.25) is 0 Å². The van der Waals surface area contributed by atoms with Crippen molar-refractivity contribution in [3.8, 4) is 0 Å². The quantitative estimate of drug-likeness (QED) is 0.358. The van der Waals surface area contributed by atoms with Gasteiger partial charge in [-0.15, -0.1) is 0 Å². The second kappa shape index (κ2) is 14.4. The fourth-order valence-corrected chi connectivity index (χ4v) is 1.18. The molecule has 0 radical (unpaired) electrons. The molecule has 0 fully saturated rings. The monoisotopic (exact) mass is 312 g/mol. The lowest BCUT2D eigenvalue weighted by molar-refractivity contribution is -0.140. The van der Waals surface area contributed by atoms with Crippen molar-refractivity contribution >= 4 is 11.9 Å². The topological polar surface area (TPSA) is 52.6 Å². The molecule has 0 spiro atoms. The van der Waals surface area contributed by atoms with Crippen LogP contribution in [0.2, 0.25) is 0 Å². The SMILES string of the molecule is C=C(C)C(=O)OCC(C)C.C=C(C)C(=O)OCCCCCC. The first kappa shape index (κ1) is 22.7. The van der Waals surface area contributed by atoms with E-state index in [0.717, 1.165) is 12.8 Å². The first-order valence-electron chi connectivity index (χ1n) is 7.87. The highest BCUT2D eigenvalue weighted by Crippen LogP contribution is 2.00. The molecule has 4 nitrogen and oxygen atoms in total. The predicted molar refractivity (Wildman–Crippen MR) is 90.5 cm³/mol. The zero-order valence-electron chi connectivity index (χ0n) is 14.9. The number of esters is 2. The van der Waals surface area contributed by atoms with Crippen molar-refractivity contribution in [3.63, 3.8) is 0 Å². The van der Waals surface area contributed by atoms with Crippen LogP contribution in [-0.4, -0.2) is 25.2 Å². The summed E-state index contributed by atoms with van der Waals surface area (Å²) in [6.45, 7) is 17.4. The smallest absolute Gasteiger partial charge is 0.333 e. The zero-order chi connectivity index (χ0) is 17.5. The van der Waals surface area contributed by atoms with Crippen LogP contribution in [0.1, 0.15) is 60.3 Å². The first-order chi connectivity index (χ1) is 10.2. The summed E-state index contributed by atoms with van der Waals surface area (Å²) in [5.41, 5.74) is 0.936. The number of unbranched alkanes of at least 4 members (excludes halogenated alkanes) is 3. The number of carbonyl (C=O) groups excluding carboxylic acids is 2. The Kier molecular flexibility index (Phi) is 14.8. The lowest BCUT2D eigenvalue weighted by atomic mass is 10.2. The summed E-state index contributed by atoms with van der Waals surface area (Å²) in [7, 11) is 0. The number of hydrogen-bond acceptors (Lipinski definition) is 4. The van der Waals surface area contributed by atoms with Crippen LogP contribution >= 0.6 is 0 Å². The third kappa shape index (κ3) is 16.5. The van der Waals surface area contributed by atoms with Crippen molar-refractivity contribution in [2.45, 2.75) is 60.3 Å². The van der Waals surface area contributed by atoms with Gasteiger partial charge in [0.25, 0.3) is 0 Å². The van der Waals surface area contributed by atoms with E-state index in [2.05, 4.69) is 20.1 Å². The Morgan fingerprint density at radius 2 is 1.41 bits per heavy atom. The van der Waals surface area contributed by atoms with Crippen molar-refractivity contribution in [1.29, 1.82) is 0 Å². The van der Waals surface area contributed by atoms with Crippen molar-refractivity contribution in [2.75, 3.05) is 13.2 Å². The van der Waals surface area contributed by atoms with E-state index >= 15 is 0 Å². The molecule has 0 bridgehead atoms. The molecular weight excluding hydrogens is 280 g/mol. The van der Waals surface area contributed by atoms with Crippen LogP contribution in [0.3, 0.4) is 0 Å². The molecule has 0 atom stereocenters. The maximum absolute atomic E-state index is 10.9. The van der Waals surface area contributed by atoms with Gasteiger partial charge in [0.15, 0.2) is 0 Å². The summed E-state index contributed by atoms with van der Waals surface area (Å²) in [5, 5.41) is 0. The summed E-state index contributed by atoms with van der Waals surface area (Å²) in [6, 6.07) is 0. The van der Waals surface area contributed by atoms with E-state index in [1.54, 1.807) is 13.8 Å². The molecule has 4 heteroatoms. The molecule has 0 aliphatic rings. The Bertz CT molecular complexity index is 356. The van der Waals surface area contributed by atoms with Gasteiger partial charge in [0.1, 0.15) is 0 Å². The van der Waals surface area contributed by atoms with Crippen LogP contribution in [0.5, 0.6) is 0 Å². The lowest BCUT2D eigenvalue weighted by Gasteiger charge is -2.05. The molecule has 128 valence electrons. The minimum atomic E-state index is -0.297. The maximum atomic E-state index is 10.9. The average molecular weight is 312 g/mol. The van der Waals surface area contributed by atoms with Crippen molar-refractivity contribution in [3.05, 3.63) is 24.3 Å². The molecule has 0 aliphatic heterocycles. The first-order valence-corrected chi connectivity index (χ1v) is 7.87. The van der Waals surface area contributed by atoms with Gasteiger partial charge in [0.05, 0.1) is 13.2 Å². The maximum Gasteiger partial charge on any atom is 0.333 e. The number of ether oxygens (including phenoxy) is 2. The van der Waals surface area contributed by atoms with Gasteiger partial charge in [-0.05, 0) is 26.2 Å². The van der Waals surface area contributed by atoms with Crippen LogP contribution in [0.15, 0.2) is 24.3 Å². The molecular formula is C18H32O4. The van der Waals surface area contributed by atoms with Crippen molar-refractivity contribution in [1.82, 2.24) is 0 Å². The number of carbonyl (C=O) groups is 2. The molecule has 0 rings (SSSR count). The molecule has 0 heterocycles. The van der Waals surface area contributed by atoms with Gasteiger partial charge in [-0.2, -0.15) is 0 Å². The lowest BCUT2D eigenvalue weighted by Crippen LogP contribution is -2.09. The summed E-state index contributed by atoms with van der Waals surface area (Å²) >= 11 is 0. The highest BCUT2D eigenvalue weighted by Gasteiger charge is 2.03. The molecule has 0 aromatic heterocycles. The van der Waals surface area contributed by atoms with E-state index in [9.17, 15) is 9.59 Å². The standard InChI is InChI=1S/C10H18O2.C8H14O2/c1-4-5-6-7-8-12-10(11)9(2)3;1-6(2)5-10-8(9)7(3)4/h2,4-8H2,1,3H3;6H,3,5H2,1-2,4H3. The van der Waals surface area contributed by atoms with E-state index in [4.69, 9.17) is 9.47 Å². The molecule has 0 aromatic carbocycles. The van der Waals surface area contributed by atoms with Crippen LogP contribution in [-0.2, 0) is 19.1 Å². The molecule has 0 aromatic rings. The molecule has 0 saturated heterocycles. The van der Waals surface area contributed by atoms with Crippen molar-refractivity contribution in [2.24, 2.45) is 5.92 Å².